The van der Waals surface area contributed by atoms with Gasteiger partial charge in [0.2, 0.25) is 0 Å². The van der Waals surface area contributed by atoms with Crippen LogP contribution in [0.15, 0.2) is 35.3 Å². The highest BCUT2D eigenvalue weighted by Crippen LogP contribution is 2.11. The molecule has 0 bridgehead atoms. The van der Waals surface area contributed by atoms with Gasteiger partial charge in [-0.15, -0.1) is 0 Å². The lowest BCUT2D eigenvalue weighted by Crippen LogP contribution is -2.21. The second kappa shape index (κ2) is 6.01. The molecule has 0 saturated heterocycles. The van der Waals surface area contributed by atoms with Crippen LogP contribution in [-0.4, -0.2) is 27.7 Å². The summed E-state index contributed by atoms with van der Waals surface area (Å²) in [7, 11) is 0. The summed E-state index contributed by atoms with van der Waals surface area (Å²) in [5.41, 5.74) is 0.124. The van der Waals surface area contributed by atoms with Gasteiger partial charge in [-0.2, -0.15) is 0 Å². The number of carbonyl (C=O) groups is 1. The number of nitrogens with one attached hydrogen (secondary N) is 1. The molecule has 6 nitrogen and oxygen atoms in total. The first-order valence-corrected chi connectivity index (χ1v) is 6.07. The highest BCUT2D eigenvalue weighted by Gasteiger charge is 2.09. The second-order valence-electron chi connectivity index (χ2n) is 4.29. The summed E-state index contributed by atoms with van der Waals surface area (Å²) in [6, 6.07) is 7.60. The quantitative estimate of drug-likeness (QED) is 0.859. The van der Waals surface area contributed by atoms with Gasteiger partial charge in [0.05, 0.1) is 6.61 Å². The Hall–Kier alpha value is -2.63. The predicted octanol–water partition coefficient (Wildman–Crippen LogP) is 1.40. The molecular formula is C14H14N2O4. The molecule has 2 aromatic rings. The van der Waals surface area contributed by atoms with Crippen molar-refractivity contribution in [3.63, 3.8) is 0 Å². The number of aromatic carboxylic acids is 1. The van der Waals surface area contributed by atoms with Gasteiger partial charge in [0.25, 0.3) is 5.56 Å². The molecule has 0 radical (unpaired) electrons. The minimum atomic E-state index is -1.29. The van der Waals surface area contributed by atoms with Gasteiger partial charge in [0.15, 0.2) is 0 Å². The summed E-state index contributed by atoms with van der Waals surface area (Å²) in [6.07, 6.45) is 1.45. The maximum Gasteiger partial charge on any atom is 0.342 e. The SMILES string of the molecule is Cc1ccc(OCCc2ncc(C(=O)O)c(=O)[nH]2)cc1. The van der Waals surface area contributed by atoms with Crippen LogP contribution in [-0.2, 0) is 6.42 Å². The highest BCUT2D eigenvalue weighted by atomic mass is 16.5. The van der Waals surface area contributed by atoms with Crippen LogP contribution >= 0.6 is 0 Å². The lowest BCUT2D eigenvalue weighted by atomic mass is 10.2. The van der Waals surface area contributed by atoms with Crippen LogP contribution in [0.4, 0.5) is 0 Å². The zero-order valence-electron chi connectivity index (χ0n) is 10.9. The zero-order valence-corrected chi connectivity index (χ0v) is 10.9. The molecule has 0 aliphatic rings. The Morgan fingerprint density at radius 2 is 2.05 bits per heavy atom. The van der Waals surface area contributed by atoms with Crippen molar-refractivity contribution < 1.29 is 14.6 Å². The number of aryl methyl sites for hydroxylation is 1. The molecule has 0 saturated carbocycles. The molecule has 6 heteroatoms. The van der Waals surface area contributed by atoms with E-state index in [2.05, 4.69) is 9.97 Å². The largest absolute Gasteiger partial charge is 0.493 e. The van der Waals surface area contributed by atoms with E-state index < -0.39 is 11.5 Å². The fourth-order valence-corrected chi connectivity index (χ4v) is 1.61. The van der Waals surface area contributed by atoms with Crippen molar-refractivity contribution in [2.75, 3.05) is 6.61 Å². The standard InChI is InChI=1S/C14H14N2O4/c1-9-2-4-10(5-3-9)20-7-6-12-15-8-11(14(18)19)13(17)16-12/h2-5,8H,6-7H2,1H3,(H,18,19)(H,15,16,17). The van der Waals surface area contributed by atoms with E-state index in [-0.39, 0.29) is 5.56 Å². The number of hydrogen-bond donors (Lipinski definition) is 2. The smallest absolute Gasteiger partial charge is 0.342 e. The van der Waals surface area contributed by atoms with E-state index in [0.717, 1.165) is 17.5 Å². The monoisotopic (exact) mass is 274 g/mol. The van der Waals surface area contributed by atoms with Gasteiger partial charge in [-0.25, -0.2) is 9.78 Å². The number of hydrogen-bond acceptors (Lipinski definition) is 4. The van der Waals surface area contributed by atoms with E-state index in [0.29, 0.717) is 18.9 Å². The lowest BCUT2D eigenvalue weighted by molar-refractivity contribution is 0.0694. The van der Waals surface area contributed by atoms with Crippen LogP contribution in [0, 0.1) is 6.92 Å². The predicted molar refractivity (Wildman–Crippen MR) is 72.2 cm³/mol. The molecule has 0 aliphatic heterocycles. The molecule has 0 spiro atoms. The summed E-state index contributed by atoms with van der Waals surface area (Å²) < 4.78 is 5.50. The van der Waals surface area contributed by atoms with E-state index in [4.69, 9.17) is 9.84 Å². The van der Waals surface area contributed by atoms with Crippen molar-refractivity contribution in [1.29, 1.82) is 0 Å². The number of nitrogens with zero attached hydrogens (tertiary/aromatic N) is 1. The minimum absolute atomic E-state index is 0.346. The fourth-order valence-electron chi connectivity index (χ4n) is 1.61. The summed E-state index contributed by atoms with van der Waals surface area (Å²) in [5.74, 6) is -0.159. The molecule has 2 N–H and O–H groups in total. The molecule has 104 valence electrons. The summed E-state index contributed by atoms with van der Waals surface area (Å²) in [6.45, 7) is 2.33. The van der Waals surface area contributed by atoms with E-state index >= 15 is 0 Å². The molecule has 2 rings (SSSR count). The summed E-state index contributed by atoms with van der Waals surface area (Å²) in [4.78, 5) is 28.4. The number of aromatic nitrogens is 2. The molecule has 0 amide bonds. The van der Waals surface area contributed by atoms with Gasteiger partial charge in [-0.3, -0.25) is 4.79 Å². The van der Waals surface area contributed by atoms with Gasteiger partial charge < -0.3 is 14.8 Å². The van der Waals surface area contributed by atoms with Crippen molar-refractivity contribution in [2.24, 2.45) is 0 Å². The zero-order chi connectivity index (χ0) is 14.5. The van der Waals surface area contributed by atoms with E-state index in [1.807, 2.05) is 31.2 Å². The molecule has 1 heterocycles. The number of ether oxygens (including phenoxy) is 1. The van der Waals surface area contributed by atoms with Gasteiger partial charge in [0, 0.05) is 12.6 Å². The first-order valence-electron chi connectivity index (χ1n) is 6.07. The van der Waals surface area contributed by atoms with Crippen molar-refractivity contribution in [1.82, 2.24) is 9.97 Å². The Morgan fingerprint density at radius 1 is 1.35 bits per heavy atom. The Balaban J connectivity index is 1.94. The molecule has 0 fully saturated rings. The maximum atomic E-state index is 11.4. The summed E-state index contributed by atoms with van der Waals surface area (Å²) >= 11 is 0. The van der Waals surface area contributed by atoms with Gasteiger partial charge >= 0.3 is 5.97 Å². The van der Waals surface area contributed by atoms with Crippen LogP contribution in [0.3, 0.4) is 0 Å². The number of carboxylic acids is 1. The first kappa shape index (κ1) is 13.8. The third-order valence-electron chi connectivity index (χ3n) is 2.71. The van der Waals surface area contributed by atoms with Crippen LogP contribution in [0.2, 0.25) is 0 Å². The summed E-state index contributed by atoms with van der Waals surface area (Å²) in [5, 5.41) is 8.72. The fraction of sp³-hybridized carbons (Fsp3) is 0.214. The van der Waals surface area contributed by atoms with Crippen LogP contribution < -0.4 is 10.3 Å². The first-order chi connectivity index (χ1) is 9.56. The number of aromatic amines is 1. The molecule has 20 heavy (non-hydrogen) atoms. The molecular weight excluding hydrogens is 260 g/mol. The molecule has 0 aliphatic carbocycles. The third kappa shape index (κ3) is 3.44. The Bertz CT molecular complexity index is 662. The molecule has 0 atom stereocenters. The lowest BCUT2D eigenvalue weighted by Gasteiger charge is -2.06. The molecule has 1 aromatic heterocycles. The Kier molecular flexibility index (Phi) is 4.14. The van der Waals surface area contributed by atoms with Gasteiger partial charge in [0.1, 0.15) is 17.1 Å². The second-order valence-corrected chi connectivity index (χ2v) is 4.29. The Labute approximate surface area is 115 Å². The van der Waals surface area contributed by atoms with Crippen molar-refractivity contribution in [2.45, 2.75) is 13.3 Å². The van der Waals surface area contributed by atoms with Gasteiger partial charge in [-0.05, 0) is 19.1 Å². The minimum Gasteiger partial charge on any atom is -0.493 e. The van der Waals surface area contributed by atoms with E-state index in [1.54, 1.807) is 0 Å². The van der Waals surface area contributed by atoms with Crippen LogP contribution in [0.1, 0.15) is 21.7 Å². The van der Waals surface area contributed by atoms with E-state index in [1.165, 1.54) is 0 Å². The van der Waals surface area contributed by atoms with E-state index in [9.17, 15) is 9.59 Å². The number of benzene rings is 1. The third-order valence-corrected chi connectivity index (χ3v) is 2.71. The average molecular weight is 274 g/mol. The number of carboxylic acid groups (broad SMARTS) is 1. The van der Waals surface area contributed by atoms with Gasteiger partial charge in [-0.1, -0.05) is 17.7 Å². The average Bonchev–Trinajstić information content (AvgIpc) is 2.41. The molecule has 1 aromatic carbocycles. The van der Waals surface area contributed by atoms with Crippen molar-refractivity contribution in [3.8, 4) is 5.75 Å². The van der Waals surface area contributed by atoms with Crippen molar-refractivity contribution in [3.05, 3.63) is 57.8 Å². The highest BCUT2D eigenvalue weighted by molar-refractivity contribution is 5.86. The maximum absolute atomic E-state index is 11.4. The molecule has 0 unspecified atom stereocenters. The normalized spacial score (nSPS) is 10.2. The number of rotatable bonds is 5. The topological polar surface area (TPSA) is 92.3 Å². The van der Waals surface area contributed by atoms with Crippen LogP contribution in [0.5, 0.6) is 5.75 Å². The Morgan fingerprint density at radius 3 is 2.65 bits per heavy atom. The van der Waals surface area contributed by atoms with Crippen LogP contribution in [0.25, 0.3) is 0 Å². The number of H-pyrrole nitrogens is 1. The van der Waals surface area contributed by atoms with Crippen molar-refractivity contribution >= 4 is 5.97 Å².